The number of halogens is 1. The molecule has 4 nitrogen and oxygen atoms in total. The highest BCUT2D eigenvalue weighted by Gasteiger charge is 2.13. The van der Waals surface area contributed by atoms with Crippen LogP contribution in [0.5, 0.6) is 0 Å². The molecule has 3 rings (SSSR count). The number of aromatic carboxylic acids is 1. The summed E-state index contributed by atoms with van der Waals surface area (Å²) >= 11 is 7.31. The Balaban J connectivity index is 2.11. The van der Waals surface area contributed by atoms with Gasteiger partial charge in [-0.05, 0) is 36.0 Å². The van der Waals surface area contributed by atoms with Gasteiger partial charge in [0.15, 0.2) is 0 Å². The topological polar surface area (TPSA) is 63.1 Å². The van der Waals surface area contributed by atoms with Gasteiger partial charge < -0.3 is 5.11 Å². The van der Waals surface area contributed by atoms with E-state index in [-0.39, 0.29) is 5.56 Å². The van der Waals surface area contributed by atoms with E-state index in [1.807, 2.05) is 6.07 Å². The second-order valence-corrected chi connectivity index (χ2v) is 5.64. The number of hydrogen-bond donors (Lipinski definition) is 1. The molecule has 2 aromatic heterocycles. The third-order valence-electron chi connectivity index (χ3n) is 2.85. The number of carboxylic acids is 1. The zero-order chi connectivity index (χ0) is 14.8. The summed E-state index contributed by atoms with van der Waals surface area (Å²) < 4.78 is 0. The highest BCUT2D eigenvalue weighted by molar-refractivity contribution is 7.99. The number of carboxylic acid groups (broad SMARTS) is 1. The fraction of sp³-hybridized carbons (Fsp3) is 0. The Labute approximate surface area is 129 Å². The standard InChI is InChI=1S/C15H9ClN2O2S/c16-11-5-3-7-17-14(11)21-13-8-10(15(19)20)9-4-1-2-6-12(9)18-13/h1-8H,(H,19,20). The van der Waals surface area contributed by atoms with Gasteiger partial charge in [0.2, 0.25) is 0 Å². The van der Waals surface area contributed by atoms with Crippen LogP contribution in [0.4, 0.5) is 0 Å². The smallest absolute Gasteiger partial charge is 0.336 e. The number of aromatic nitrogens is 2. The van der Waals surface area contributed by atoms with Crippen LogP contribution in [0.2, 0.25) is 5.02 Å². The molecule has 6 heteroatoms. The van der Waals surface area contributed by atoms with E-state index in [2.05, 4.69) is 9.97 Å². The number of hydrogen-bond acceptors (Lipinski definition) is 4. The maximum Gasteiger partial charge on any atom is 0.336 e. The lowest BCUT2D eigenvalue weighted by Crippen LogP contribution is -1.99. The first kappa shape index (κ1) is 13.9. The number of nitrogens with zero attached hydrogens (tertiary/aromatic N) is 2. The first-order valence-electron chi connectivity index (χ1n) is 6.06. The fourth-order valence-corrected chi connectivity index (χ4v) is 2.96. The molecule has 0 saturated heterocycles. The van der Waals surface area contributed by atoms with Crippen molar-refractivity contribution >= 4 is 40.2 Å². The number of para-hydroxylation sites is 1. The van der Waals surface area contributed by atoms with Gasteiger partial charge in [0.25, 0.3) is 0 Å². The van der Waals surface area contributed by atoms with Crippen LogP contribution in [0.15, 0.2) is 58.7 Å². The maximum atomic E-state index is 11.4. The minimum absolute atomic E-state index is 0.218. The fourth-order valence-electron chi connectivity index (χ4n) is 1.93. The zero-order valence-corrected chi connectivity index (χ0v) is 12.2. The molecule has 0 saturated carbocycles. The van der Waals surface area contributed by atoms with Gasteiger partial charge >= 0.3 is 5.97 Å². The van der Waals surface area contributed by atoms with Crippen molar-refractivity contribution < 1.29 is 9.90 Å². The Kier molecular flexibility index (Phi) is 3.77. The molecule has 21 heavy (non-hydrogen) atoms. The average Bonchev–Trinajstić information content (AvgIpc) is 2.48. The molecular formula is C15H9ClN2O2S. The third kappa shape index (κ3) is 2.84. The van der Waals surface area contributed by atoms with Crippen LogP contribution in [0.1, 0.15) is 10.4 Å². The van der Waals surface area contributed by atoms with Crippen LogP contribution in [-0.2, 0) is 0 Å². The predicted molar refractivity (Wildman–Crippen MR) is 82.1 cm³/mol. The molecule has 0 fully saturated rings. The molecule has 0 radical (unpaired) electrons. The minimum Gasteiger partial charge on any atom is -0.478 e. The van der Waals surface area contributed by atoms with Crippen LogP contribution in [0.3, 0.4) is 0 Å². The lowest BCUT2D eigenvalue weighted by Gasteiger charge is -2.06. The van der Waals surface area contributed by atoms with Gasteiger partial charge in [-0.2, -0.15) is 0 Å². The van der Waals surface area contributed by atoms with E-state index in [0.717, 1.165) is 0 Å². The second kappa shape index (κ2) is 5.71. The van der Waals surface area contributed by atoms with Crippen LogP contribution >= 0.6 is 23.4 Å². The Morgan fingerprint density at radius 2 is 2.00 bits per heavy atom. The summed E-state index contributed by atoms with van der Waals surface area (Å²) in [6.07, 6.45) is 1.63. The van der Waals surface area contributed by atoms with Crippen LogP contribution in [0.25, 0.3) is 10.9 Å². The van der Waals surface area contributed by atoms with Gasteiger partial charge in [-0.1, -0.05) is 29.8 Å². The maximum absolute atomic E-state index is 11.4. The Morgan fingerprint density at radius 1 is 1.19 bits per heavy atom. The Hall–Kier alpha value is -2.11. The van der Waals surface area contributed by atoms with Gasteiger partial charge in [-0.15, -0.1) is 0 Å². The van der Waals surface area contributed by atoms with Gasteiger partial charge in [0.05, 0.1) is 16.1 Å². The number of fused-ring (bicyclic) bond motifs is 1. The molecule has 0 aliphatic rings. The molecule has 3 aromatic rings. The van der Waals surface area contributed by atoms with E-state index in [1.54, 1.807) is 42.6 Å². The van der Waals surface area contributed by atoms with E-state index >= 15 is 0 Å². The molecule has 0 bridgehead atoms. The summed E-state index contributed by atoms with van der Waals surface area (Å²) in [6.45, 7) is 0. The molecule has 0 aliphatic heterocycles. The van der Waals surface area contributed by atoms with E-state index in [9.17, 15) is 9.90 Å². The predicted octanol–water partition coefficient (Wildman–Crippen LogP) is 4.13. The highest BCUT2D eigenvalue weighted by Crippen LogP contribution is 2.32. The van der Waals surface area contributed by atoms with Crippen molar-refractivity contribution in [3.05, 3.63) is 59.2 Å². The summed E-state index contributed by atoms with van der Waals surface area (Å²) in [5.74, 6) is -0.984. The van der Waals surface area contributed by atoms with Crippen molar-refractivity contribution in [1.29, 1.82) is 0 Å². The summed E-state index contributed by atoms with van der Waals surface area (Å²) in [5.41, 5.74) is 0.849. The minimum atomic E-state index is -0.984. The van der Waals surface area contributed by atoms with E-state index in [1.165, 1.54) is 11.8 Å². The number of carbonyl (C=O) groups is 1. The molecule has 0 atom stereocenters. The van der Waals surface area contributed by atoms with Crippen molar-refractivity contribution in [2.75, 3.05) is 0 Å². The summed E-state index contributed by atoms with van der Waals surface area (Å²) in [6, 6.07) is 12.2. The van der Waals surface area contributed by atoms with Gasteiger partial charge in [-0.3, -0.25) is 0 Å². The van der Waals surface area contributed by atoms with Crippen molar-refractivity contribution in [3.8, 4) is 0 Å². The Bertz CT molecular complexity index is 839. The molecular weight excluding hydrogens is 308 g/mol. The lowest BCUT2D eigenvalue weighted by atomic mass is 10.1. The highest BCUT2D eigenvalue weighted by atomic mass is 35.5. The number of rotatable bonds is 3. The molecule has 2 heterocycles. The largest absolute Gasteiger partial charge is 0.478 e. The molecule has 0 spiro atoms. The lowest BCUT2D eigenvalue weighted by molar-refractivity contribution is 0.0698. The summed E-state index contributed by atoms with van der Waals surface area (Å²) in [7, 11) is 0. The van der Waals surface area contributed by atoms with Gasteiger partial charge in [-0.25, -0.2) is 14.8 Å². The summed E-state index contributed by atoms with van der Waals surface area (Å²) in [5, 5.41) is 11.6. The zero-order valence-electron chi connectivity index (χ0n) is 10.7. The first-order chi connectivity index (χ1) is 10.1. The second-order valence-electron chi connectivity index (χ2n) is 4.22. The summed E-state index contributed by atoms with van der Waals surface area (Å²) in [4.78, 5) is 20.0. The third-order valence-corrected chi connectivity index (χ3v) is 4.20. The van der Waals surface area contributed by atoms with Crippen molar-refractivity contribution in [1.82, 2.24) is 9.97 Å². The van der Waals surface area contributed by atoms with Crippen molar-refractivity contribution in [3.63, 3.8) is 0 Å². The van der Waals surface area contributed by atoms with E-state index in [4.69, 9.17) is 11.6 Å². The molecule has 0 amide bonds. The quantitative estimate of drug-likeness (QED) is 0.787. The SMILES string of the molecule is O=C(O)c1cc(Sc2ncccc2Cl)nc2ccccc12. The molecule has 0 unspecified atom stereocenters. The average molecular weight is 317 g/mol. The molecule has 104 valence electrons. The van der Waals surface area contributed by atoms with Crippen LogP contribution in [-0.4, -0.2) is 21.0 Å². The molecule has 0 aliphatic carbocycles. The van der Waals surface area contributed by atoms with E-state index in [0.29, 0.717) is 26.0 Å². The normalized spacial score (nSPS) is 10.7. The monoisotopic (exact) mass is 316 g/mol. The Morgan fingerprint density at radius 3 is 2.76 bits per heavy atom. The van der Waals surface area contributed by atoms with Crippen molar-refractivity contribution in [2.45, 2.75) is 10.1 Å². The van der Waals surface area contributed by atoms with E-state index < -0.39 is 5.97 Å². The first-order valence-corrected chi connectivity index (χ1v) is 7.26. The van der Waals surface area contributed by atoms with Gasteiger partial charge in [0, 0.05) is 11.6 Å². The van der Waals surface area contributed by atoms with Crippen LogP contribution < -0.4 is 0 Å². The molecule has 1 N–H and O–H groups in total. The molecule has 1 aromatic carbocycles. The van der Waals surface area contributed by atoms with Crippen LogP contribution in [0, 0.1) is 0 Å². The van der Waals surface area contributed by atoms with Crippen molar-refractivity contribution in [2.24, 2.45) is 0 Å². The number of benzene rings is 1. The number of pyridine rings is 2. The van der Waals surface area contributed by atoms with Gasteiger partial charge in [0.1, 0.15) is 10.1 Å².